The maximum absolute atomic E-state index is 13.3. The van der Waals surface area contributed by atoms with Crippen molar-refractivity contribution in [3.8, 4) is 11.4 Å². The fraction of sp³-hybridized carbons (Fsp3) is 0.200. The number of aromatic nitrogens is 4. The molecule has 1 amide bonds. The average molecular weight is 423 g/mol. The first-order valence-electron chi connectivity index (χ1n) is 9.26. The molecule has 152 valence electrons. The molecule has 4 aromatic rings. The molecule has 2 aromatic carbocycles. The van der Waals surface area contributed by atoms with Crippen molar-refractivity contribution in [1.29, 1.82) is 0 Å². The summed E-state index contributed by atoms with van der Waals surface area (Å²) in [4.78, 5) is 24.6. The van der Waals surface area contributed by atoms with E-state index in [-0.39, 0.29) is 11.7 Å². The summed E-state index contributed by atoms with van der Waals surface area (Å²) in [5.41, 5.74) is 1.16. The second kappa shape index (κ2) is 7.38. The van der Waals surface area contributed by atoms with Crippen molar-refractivity contribution in [3.63, 3.8) is 0 Å². The number of cyclic esters (lactones) is 1. The van der Waals surface area contributed by atoms with Crippen molar-refractivity contribution < 1.29 is 14.3 Å². The van der Waals surface area contributed by atoms with Crippen molar-refractivity contribution in [2.45, 2.75) is 11.3 Å². The predicted octanol–water partition coefficient (Wildman–Crippen LogP) is 2.24. The highest BCUT2D eigenvalue weighted by Gasteiger charge is 2.24. The van der Waals surface area contributed by atoms with Crippen LogP contribution in [0, 0.1) is 0 Å². The summed E-state index contributed by atoms with van der Waals surface area (Å²) in [6.07, 6.45) is -0.658. The Morgan fingerprint density at radius 3 is 2.87 bits per heavy atom. The molecule has 0 radical (unpaired) electrons. The van der Waals surface area contributed by atoms with Gasteiger partial charge in [0.15, 0.2) is 5.16 Å². The Morgan fingerprint density at radius 2 is 2.07 bits per heavy atom. The lowest BCUT2D eigenvalue weighted by Crippen LogP contribution is -2.22. The van der Waals surface area contributed by atoms with Gasteiger partial charge in [0.1, 0.15) is 11.9 Å². The van der Waals surface area contributed by atoms with Crippen LogP contribution in [0.2, 0.25) is 0 Å². The quantitative estimate of drug-likeness (QED) is 0.492. The van der Waals surface area contributed by atoms with Gasteiger partial charge in [-0.1, -0.05) is 30.0 Å². The summed E-state index contributed by atoms with van der Waals surface area (Å²) in [6.45, 7) is 0.456. The first kappa shape index (κ1) is 18.5. The van der Waals surface area contributed by atoms with Crippen LogP contribution in [0.5, 0.6) is 5.75 Å². The maximum atomic E-state index is 13.3. The molecule has 2 aromatic heterocycles. The lowest BCUT2D eigenvalue weighted by atomic mass is 10.2. The molecule has 10 heteroatoms. The van der Waals surface area contributed by atoms with Gasteiger partial charge in [-0.15, -0.1) is 10.2 Å². The zero-order valence-corrected chi connectivity index (χ0v) is 16.8. The molecular formula is C20H17N5O4S. The monoisotopic (exact) mass is 423 g/mol. The summed E-state index contributed by atoms with van der Waals surface area (Å²) < 4.78 is 13.9. The van der Waals surface area contributed by atoms with Gasteiger partial charge in [-0.3, -0.25) is 9.20 Å². The lowest BCUT2D eigenvalue weighted by Gasteiger charge is -2.12. The van der Waals surface area contributed by atoms with E-state index in [2.05, 4.69) is 15.5 Å². The van der Waals surface area contributed by atoms with Crippen LogP contribution < -0.4 is 15.6 Å². The number of nitrogens with one attached hydrogen (secondary N) is 1. The highest BCUT2D eigenvalue weighted by molar-refractivity contribution is 7.99. The van der Waals surface area contributed by atoms with Crippen molar-refractivity contribution in [2.24, 2.45) is 0 Å². The zero-order chi connectivity index (χ0) is 20.7. The normalized spacial score (nSPS) is 16.0. The first-order chi connectivity index (χ1) is 14.7. The minimum absolute atomic E-state index is 0.191. The third-order valence-electron chi connectivity index (χ3n) is 4.85. The number of carbonyl (C=O) groups excluding carboxylic acids is 1. The van der Waals surface area contributed by atoms with Crippen LogP contribution in [0.15, 0.2) is 58.5 Å². The van der Waals surface area contributed by atoms with E-state index >= 15 is 0 Å². The fourth-order valence-electron chi connectivity index (χ4n) is 3.45. The van der Waals surface area contributed by atoms with Gasteiger partial charge in [0, 0.05) is 11.8 Å². The summed E-state index contributed by atoms with van der Waals surface area (Å²) in [5.74, 6) is 1.55. The van der Waals surface area contributed by atoms with Gasteiger partial charge in [0.2, 0.25) is 5.78 Å². The molecule has 1 atom stereocenters. The third-order valence-corrected chi connectivity index (χ3v) is 5.91. The van der Waals surface area contributed by atoms with Gasteiger partial charge in [0.05, 0.1) is 30.2 Å². The van der Waals surface area contributed by atoms with Gasteiger partial charge in [-0.2, -0.15) is 0 Å². The Hall–Kier alpha value is -3.53. The Balaban J connectivity index is 1.68. The SMILES string of the molecule is COc1cccc(-n2c(=O)c3ccccc3n3c(SC[C@H]4CNC(=O)O4)nnc23)c1. The molecule has 0 saturated carbocycles. The molecule has 30 heavy (non-hydrogen) atoms. The molecule has 0 spiro atoms. The van der Waals surface area contributed by atoms with Crippen LogP contribution in [0.1, 0.15) is 0 Å². The minimum atomic E-state index is -0.413. The van der Waals surface area contributed by atoms with Crippen LogP contribution >= 0.6 is 11.8 Å². The van der Waals surface area contributed by atoms with E-state index in [1.165, 1.54) is 16.3 Å². The Morgan fingerprint density at radius 1 is 1.20 bits per heavy atom. The highest BCUT2D eigenvalue weighted by atomic mass is 32.2. The number of alkyl carbamates (subject to hydrolysis) is 1. The van der Waals surface area contributed by atoms with Gasteiger partial charge in [-0.25, -0.2) is 9.36 Å². The van der Waals surface area contributed by atoms with E-state index in [9.17, 15) is 9.59 Å². The largest absolute Gasteiger partial charge is 0.497 e. The number of methoxy groups -OCH3 is 1. The third kappa shape index (κ3) is 3.05. The Bertz CT molecular complexity index is 1330. The number of hydrogen-bond donors (Lipinski definition) is 1. The number of benzene rings is 2. The van der Waals surface area contributed by atoms with Gasteiger partial charge in [0.25, 0.3) is 5.56 Å². The molecule has 0 unspecified atom stereocenters. The summed E-state index contributed by atoms with van der Waals surface area (Å²) in [6, 6.07) is 14.6. The number of amides is 1. The maximum Gasteiger partial charge on any atom is 0.407 e. The van der Waals surface area contributed by atoms with Crippen LogP contribution in [0.4, 0.5) is 4.79 Å². The first-order valence-corrected chi connectivity index (χ1v) is 10.2. The molecule has 9 nitrogen and oxygen atoms in total. The summed E-state index contributed by atoms with van der Waals surface area (Å²) in [7, 11) is 1.58. The molecule has 0 aliphatic carbocycles. The average Bonchev–Trinajstić information content (AvgIpc) is 3.38. The molecule has 1 aliphatic rings. The standard InChI is InChI=1S/C20H17N5O4S/c1-28-13-6-4-5-12(9-13)24-17(26)15-7-2-3-8-16(15)25-18(24)22-23-19(25)30-11-14-10-21-20(27)29-14/h2-9,14H,10-11H2,1H3,(H,21,27)/t14-/m1/s1. The predicted molar refractivity (Wildman–Crippen MR) is 112 cm³/mol. The second-order valence-corrected chi connectivity index (χ2v) is 7.68. The topological polar surface area (TPSA) is 99.8 Å². The fourth-order valence-corrected chi connectivity index (χ4v) is 4.38. The van der Waals surface area contributed by atoms with Crippen LogP contribution in [-0.4, -0.2) is 50.8 Å². The van der Waals surface area contributed by atoms with E-state index in [4.69, 9.17) is 9.47 Å². The van der Waals surface area contributed by atoms with Gasteiger partial charge >= 0.3 is 6.09 Å². The van der Waals surface area contributed by atoms with E-state index in [1.54, 1.807) is 19.2 Å². The lowest BCUT2D eigenvalue weighted by molar-refractivity contribution is 0.150. The van der Waals surface area contributed by atoms with E-state index in [0.717, 1.165) is 0 Å². The number of ether oxygens (including phenoxy) is 2. The molecule has 1 fully saturated rings. The number of nitrogens with zero attached hydrogens (tertiary/aromatic N) is 4. The molecule has 5 rings (SSSR count). The van der Waals surface area contributed by atoms with Gasteiger partial charge < -0.3 is 14.8 Å². The van der Waals surface area contributed by atoms with E-state index in [1.807, 2.05) is 40.8 Å². The zero-order valence-electron chi connectivity index (χ0n) is 15.9. The number of para-hydroxylation sites is 1. The van der Waals surface area contributed by atoms with Crippen molar-refractivity contribution in [3.05, 3.63) is 58.9 Å². The molecule has 3 heterocycles. The summed E-state index contributed by atoms with van der Waals surface area (Å²) >= 11 is 1.42. The number of thioether (sulfide) groups is 1. The van der Waals surface area contributed by atoms with Gasteiger partial charge in [-0.05, 0) is 24.3 Å². The minimum Gasteiger partial charge on any atom is -0.497 e. The molecule has 1 aliphatic heterocycles. The number of rotatable bonds is 5. The Kier molecular flexibility index (Phi) is 4.55. The summed E-state index contributed by atoms with van der Waals surface area (Å²) in [5, 5.41) is 12.4. The van der Waals surface area contributed by atoms with Crippen molar-refractivity contribution in [1.82, 2.24) is 24.5 Å². The molecule has 1 saturated heterocycles. The smallest absolute Gasteiger partial charge is 0.407 e. The van der Waals surface area contributed by atoms with Crippen LogP contribution in [-0.2, 0) is 4.74 Å². The van der Waals surface area contributed by atoms with Crippen molar-refractivity contribution >= 4 is 34.5 Å². The molecule has 0 bridgehead atoms. The van der Waals surface area contributed by atoms with Crippen LogP contribution in [0.3, 0.4) is 0 Å². The Labute approximate surface area is 174 Å². The van der Waals surface area contributed by atoms with Crippen LogP contribution in [0.25, 0.3) is 22.4 Å². The van der Waals surface area contributed by atoms with E-state index < -0.39 is 6.09 Å². The molecular weight excluding hydrogens is 406 g/mol. The number of hydrogen-bond acceptors (Lipinski definition) is 7. The van der Waals surface area contributed by atoms with E-state index in [0.29, 0.717) is 45.6 Å². The molecule has 1 N–H and O–H groups in total. The van der Waals surface area contributed by atoms with Crippen molar-refractivity contribution in [2.75, 3.05) is 19.4 Å². The highest BCUT2D eigenvalue weighted by Crippen LogP contribution is 2.25. The number of carbonyl (C=O) groups is 1. The number of fused-ring (bicyclic) bond motifs is 3. The second-order valence-electron chi connectivity index (χ2n) is 6.70.